The first kappa shape index (κ1) is 43.8. The van der Waals surface area contributed by atoms with Gasteiger partial charge in [0.05, 0.1) is 32.4 Å². The number of carboxylic acid groups (broad SMARTS) is 3. The van der Waals surface area contributed by atoms with Gasteiger partial charge in [0.1, 0.15) is 36.3 Å². The van der Waals surface area contributed by atoms with Crippen molar-refractivity contribution in [1.82, 2.24) is 36.5 Å². The molecular formula is C33H43N9O14. The zero-order chi connectivity index (χ0) is 41.7. The van der Waals surface area contributed by atoms with Crippen LogP contribution in [0.1, 0.15) is 37.7 Å². The Morgan fingerprint density at radius 3 is 1.98 bits per heavy atom. The third-order valence-electron chi connectivity index (χ3n) is 8.60. The summed E-state index contributed by atoms with van der Waals surface area (Å²) in [5, 5.41) is 48.5. The van der Waals surface area contributed by atoms with E-state index < -0.39 is 128 Å². The van der Waals surface area contributed by atoms with E-state index in [1.807, 2.05) is 10.6 Å². The number of hydrogen-bond donors (Lipinski definition) is 12. The van der Waals surface area contributed by atoms with Crippen LogP contribution < -0.4 is 38.1 Å². The van der Waals surface area contributed by atoms with Crippen LogP contribution in [-0.4, -0.2) is 146 Å². The lowest BCUT2D eigenvalue weighted by Crippen LogP contribution is -2.59. The lowest BCUT2D eigenvalue weighted by molar-refractivity contribution is -0.148. The number of nitrogens with two attached hydrogens (primary N) is 2. The Kier molecular flexibility index (Phi) is 15.8. The fourth-order valence-corrected chi connectivity index (χ4v) is 5.80. The van der Waals surface area contributed by atoms with Crippen molar-refractivity contribution in [2.24, 2.45) is 11.5 Å². The Morgan fingerprint density at radius 2 is 1.38 bits per heavy atom. The highest BCUT2D eigenvalue weighted by Crippen LogP contribution is 2.20. The van der Waals surface area contributed by atoms with Crippen LogP contribution in [0.25, 0.3) is 10.9 Å². The summed E-state index contributed by atoms with van der Waals surface area (Å²) in [6, 6.07) is -2.48. The number of likely N-dealkylation sites (tertiary alicyclic amines) is 1. The van der Waals surface area contributed by atoms with Gasteiger partial charge < -0.3 is 68.4 Å². The van der Waals surface area contributed by atoms with Gasteiger partial charge in [0, 0.05) is 30.1 Å². The fourth-order valence-electron chi connectivity index (χ4n) is 5.80. The molecule has 1 aliphatic rings. The monoisotopic (exact) mass is 789 g/mol. The summed E-state index contributed by atoms with van der Waals surface area (Å²) in [6.45, 7) is -1.32. The Labute approximate surface area is 316 Å². The van der Waals surface area contributed by atoms with Crippen LogP contribution >= 0.6 is 0 Å². The summed E-state index contributed by atoms with van der Waals surface area (Å²) in [6.07, 6.45) is -1.10. The number of primary amides is 1. The lowest BCUT2D eigenvalue weighted by Gasteiger charge is -2.27. The number of aromatic amines is 1. The molecule has 23 heteroatoms. The molecule has 0 unspecified atom stereocenters. The number of H-pyrrole nitrogens is 1. The molecule has 7 amide bonds. The maximum absolute atomic E-state index is 13.4. The van der Waals surface area contributed by atoms with Crippen LogP contribution in [-0.2, 0) is 54.4 Å². The molecule has 0 bridgehead atoms. The molecule has 0 saturated carbocycles. The van der Waals surface area contributed by atoms with Crippen molar-refractivity contribution in [3.05, 3.63) is 36.0 Å². The SMILES string of the molecule is NC(=O)C[C@H](NC(=O)[C@@H]1CCCN1C(=O)CNC(=O)[C@H](Cc1c[nH]c2ccccc12)NC(=O)[C@@H](N)CO)C(=O)N[C@@H](CC(=O)O)C(=O)N[C@@H](CC(=O)O)C(=O)O. The van der Waals surface area contributed by atoms with Gasteiger partial charge in [0.2, 0.25) is 41.4 Å². The largest absolute Gasteiger partial charge is 0.481 e. The number of nitrogens with zero attached hydrogens (tertiary/aromatic N) is 1. The molecule has 3 rings (SSSR count). The van der Waals surface area contributed by atoms with Gasteiger partial charge in [0.25, 0.3) is 0 Å². The number of rotatable bonds is 21. The van der Waals surface area contributed by atoms with Crippen LogP contribution in [0.3, 0.4) is 0 Å². The third-order valence-corrected chi connectivity index (χ3v) is 8.60. The maximum Gasteiger partial charge on any atom is 0.326 e. The van der Waals surface area contributed by atoms with E-state index in [0.717, 1.165) is 15.8 Å². The maximum atomic E-state index is 13.4. The van der Waals surface area contributed by atoms with E-state index in [1.54, 1.807) is 30.5 Å². The number of hydrogen-bond acceptors (Lipinski definition) is 12. The zero-order valence-corrected chi connectivity index (χ0v) is 29.7. The zero-order valence-electron chi connectivity index (χ0n) is 29.7. The van der Waals surface area contributed by atoms with E-state index in [1.165, 1.54) is 0 Å². The molecule has 0 spiro atoms. The Balaban J connectivity index is 1.71. The predicted molar refractivity (Wildman–Crippen MR) is 188 cm³/mol. The van der Waals surface area contributed by atoms with E-state index in [9.17, 15) is 63.3 Å². The minimum absolute atomic E-state index is 0.0300. The first-order valence-electron chi connectivity index (χ1n) is 17.1. The molecular weight excluding hydrogens is 746 g/mol. The molecule has 56 heavy (non-hydrogen) atoms. The van der Waals surface area contributed by atoms with Crippen LogP contribution in [0.4, 0.5) is 0 Å². The highest BCUT2D eigenvalue weighted by atomic mass is 16.4. The standard InChI is InChI=1S/C33H43N9O14/c34-17(14-43)28(50)38-19(8-15-12-36-18-5-2-1-4-16(15)18)29(51)37-13-25(45)42-7-3-6-23(42)32(54)40-20(9-24(35)44)30(52)39-21(10-26(46)47)31(53)41-22(33(55)56)11-27(48)49/h1-2,4-5,12,17,19-23,36,43H,3,6-11,13-14,34H2,(H2,35,44)(H,37,51)(H,38,50)(H,39,52)(H,40,54)(H,41,53)(H,46,47)(H,48,49)(H,55,56)/t17-,19-,20-,21-,22-,23-/m0/s1. The van der Waals surface area contributed by atoms with Gasteiger partial charge in [-0.3, -0.25) is 43.2 Å². The van der Waals surface area contributed by atoms with Gasteiger partial charge in [-0.1, -0.05) is 18.2 Å². The lowest BCUT2D eigenvalue weighted by atomic mass is 10.0. The van der Waals surface area contributed by atoms with Crippen LogP contribution in [0.2, 0.25) is 0 Å². The number of aliphatic hydroxyl groups is 1. The number of fused-ring (bicyclic) bond motifs is 1. The number of amides is 7. The topological polar surface area (TPSA) is 383 Å². The number of carbonyl (C=O) groups excluding carboxylic acids is 7. The molecule has 1 aromatic carbocycles. The second-order valence-corrected chi connectivity index (χ2v) is 12.8. The molecule has 1 saturated heterocycles. The van der Waals surface area contributed by atoms with E-state index in [0.29, 0.717) is 12.0 Å². The van der Waals surface area contributed by atoms with E-state index >= 15 is 0 Å². The molecule has 23 nitrogen and oxygen atoms in total. The van der Waals surface area contributed by atoms with Crippen molar-refractivity contribution in [3.8, 4) is 0 Å². The Morgan fingerprint density at radius 1 is 0.786 bits per heavy atom. The average molecular weight is 790 g/mol. The highest BCUT2D eigenvalue weighted by molar-refractivity contribution is 5.99. The van der Waals surface area contributed by atoms with Gasteiger partial charge in [-0.15, -0.1) is 0 Å². The van der Waals surface area contributed by atoms with Crippen LogP contribution in [0.15, 0.2) is 30.5 Å². The van der Waals surface area contributed by atoms with Crippen molar-refractivity contribution < 1.29 is 68.4 Å². The van der Waals surface area contributed by atoms with Crippen molar-refractivity contribution in [1.29, 1.82) is 0 Å². The number of carbonyl (C=O) groups is 10. The van der Waals surface area contributed by atoms with Crippen molar-refractivity contribution in [3.63, 3.8) is 0 Å². The van der Waals surface area contributed by atoms with Crippen LogP contribution in [0, 0.1) is 0 Å². The van der Waals surface area contributed by atoms with Crippen molar-refractivity contribution in [2.75, 3.05) is 19.7 Å². The molecule has 1 aromatic heterocycles. The molecule has 304 valence electrons. The second-order valence-electron chi connectivity index (χ2n) is 12.8. The molecule has 0 radical (unpaired) electrons. The van der Waals surface area contributed by atoms with Gasteiger partial charge >= 0.3 is 17.9 Å². The third kappa shape index (κ3) is 12.5. The number of para-hydroxylation sites is 1. The molecule has 0 aliphatic carbocycles. The van der Waals surface area contributed by atoms with Gasteiger partial charge in [0.15, 0.2) is 0 Å². The first-order valence-corrected chi connectivity index (χ1v) is 17.1. The number of aliphatic carboxylic acids is 3. The summed E-state index contributed by atoms with van der Waals surface area (Å²) in [4.78, 5) is 128. The van der Waals surface area contributed by atoms with Gasteiger partial charge in [-0.2, -0.15) is 0 Å². The first-order chi connectivity index (χ1) is 26.4. The molecule has 1 aliphatic heterocycles. The predicted octanol–water partition coefficient (Wildman–Crippen LogP) is -5.01. The second kappa shape index (κ2) is 20.2. The molecule has 6 atom stereocenters. The van der Waals surface area contributed by atoms with Gasteiger partial charge in [-0.05, 0) is 24.5 Å². The smallest absolute Gasteiger partial charge is 0.326 e. The molecule has 2 aromatic rings. The average Bonchev–Trinajstić information content (AvgIpc) is 3.79. The van der Waals surface area contributed by atoms with E-state index in [4.69, 9.17) is 16.6 Å². The Bertz CT molecular complexity index is 1850. The summed E-state index contributed by atoms with van der Waals surface area (Å²) in [5.74, 6) is -12.2. The summed E-state index contributed by atoms with van der Waals surface area (Å²) >= 11 is 0. The van der Waals surface area contributed by atoms with Crippen molar-refractivity contribution >= 4 is 70.2 Å². The number of aliphatic hydroxyl groups excluding tert-OH is 1. The number of nitrogens with one attached hydrogen (secondary N) is 6. The number of aromatic nitrogens is 1. The van der Waals surface area contributed by atoms with Crippen molar-refractivity contribution in [2.45, 2.75) is 74.8 Å². The molecule has 14 N–H and O–H groups in total. The quantitative estimate of drug-likeness (QED) is 0.0563. The van der Waals surface area contributed by atoms with Crippen LogP contribution in [0.5, 0.6) is 0 Å². The number of benzene rings is 1. The fraction of sp³-hybridized carbons (Fsp3) is 0.455. The van der Waals surface area contributed by atoms with E-state index in [-0.39, 0.29) is 19.4 Å². The summed E-state index contributed by atoms with van der Waals surface area (Å²) in [5.41, 5.74) is 12.3. The molecule has 2 heterocycles. The minimum Gasteiger partial charge on any atom is -0.481 e. The Hall–Kier alpha value is -6.62. The van der Waals surface area contributed by atoms with Gasteiger partial charge in [-0.25, -0.2) is 4.79 Å². The molecule has 1 fully saturated rings. The highest BCUT2D eigenvalue weighted by Gasteiger charge is 2.38. The minimum atomic E-state index is -2.00. The normalized spacial score (nSPS) is 16.3. The summed E-state index contributed by atoms with van der Waals surface area (Å²) < 4.78 is 0. The number of carboxylic acids is 3. The van der Waals surface area contributed by atoms with E-state index in [2.05, 4.69) is 20.9 Å². The summed E-state index contributed by atoms with van der Waals surface area (Å²) in [7, 11) is 0.